The van der Waals surface area contributed by atoms with Crippen LogP contribution in [0.1, 0.15) is 49.1 Å². The van der Waals surface area contributed by atoms with Crippen LogP contribution in [-0.4, -0.2) is 23.2 Å². The summed E-state index contributed by atoms with van der Waals surface area (Å²) in [5.74, 6) is -5.81. The number of carbonyl (C=O) groups is 2. The number of aliphatic carboxylic acids is 1. The van der Waals surface area contributed by atoms with E-state index in [1.807, 2.05) is 0 Å². The maximum atomic E-state index is 13.9. The number of amides is 1. The highest BCUT2D eigenvalue weighted by Crippen LogP contribution is 2.50. The largest absolute Gasteiger partial charge is 0.481 e. The second kappa shape index (κ2) is 11.4. The molecule has 2 N–H and O–H groups in total. The van der Waals surface area contributed by atoms with E-state index in [0.717, 1.165) is 19.8 Å². The van der Waals surface area contributed by atoms with E-state index in [1.54, 1.807) is 42.5 Å². The summed E-state index contributed by atoms with van der Waals surface area (Å²) < 4.78 is 41.8. The molecule has 9 heteroatoms. The Morgan fingerprint density at radius 3 is 2.18 bits per heavy atom. The Labute approximate surface area is 228 Å². The van der Waals surface area contributed by atoms with Gasteiger partial charge >= 0.3 is 12.1 Å². The number of anilines is 1. The van der Waals surface area contributed by atoms with Crippen LogP contribution in [0.4, 0.5) is 18.9 Å². The van der Waals surface area contributed by atoms with Crippen molar-refractivity contribution in [1.29, 1.82) is 0 Å². The molecule has 1 aliphatic carbocycles. The number of halogens is 5. The Morgan fingerprint density at radius 1 is 1.00 bits per heavy atom. The third-order valence-electron chi connectivity index (χ3n) is 7.01. The molecule has 3 aromatic rings. The Bertz CT molecular complexity index is 1310. The van der Waals surface area contributed by atoms with Gasteiger partial charge in [0.25, 0.3) is 0 Å². The lowest BCUT2D eigenvalue weighted by Crippen LogP contribution is -2.34. The van der Waals surface area contributed by atoms with E-state index in [1.165, 1.54) is 24.3 Å². The van der Waals surface area contributed by atoms with Gasteiger partial charge in [-0.05, 0) is 59.6 Å². The Kier molecular flexibility index (Phi) is 8.38. The monoisotopic (exact) mass is 563 g/mol. The number of carboxylic acids is 1. The zero-order valence-corrected chi connectivity index (χ0v) is 21.9. The van der Waals surface area contributed by atoms with Gasteiger partial charge in [-0.3, -0.25) is 9.59 Å². The summed E-state index contributed by atoms with van der Waals surface area (Å²) in [6.45, 7) is 0.966. The lowest BCUT2D eigenvalue weighted by atomic mass is 9.84. The van der Waals surface area contributed by atoms with Gasteiger partial charge in [-0.2, -0.15) is 13.2 Å². The van der Waals surface area contributed by atoms with Crippen LogP contribution < -0.4 is 5.32 Å². The van der Waals surface area contributed by atoms with Crippen molar-refractivity contribution in [3.8, 4) is 11.1 Å². The molecule has 3 atom stereocenters. The van der Waals surface area contributed by atoms with Gasteiger partial charge in [-0.25, -0.2) is 0 Å². The molecular formula is C29H26Cl2F3NO3. The Balaban J connectivity index is 1.86. The van der Waals surface area contributed by atoms with Crippen LogP contribution in [0, 0.1) is 11.8 Å². The van der Waals surface area contributed by atoms with Crippen molar-refractivity contribution in [3.05, 3.63) is 87.9 Å². The minimum absolute atomic E-state index is 0.0905. The van der Waals surface area contributed by atoms with E-state index in [0.29, 0.717) is 21.7 Å². The fraction of sp³-hybridized carbons (Fsp3) is 0.310. The van der Waals surface area contributed by atoms with Crippen molar-refractivity contribution in [2.24, 2.45) is 11.8 Å². The Morgan fingerprint density at radius 2 is 1.63 bits per heavy atom. The van der Waals surface area contributed by atoms with Crippen LogP contribution in [0.3, 0.4) is 0 Å². The fourth-order valence-corrected chi connectivity index (χ4v) is 5.26. The molecule has 0 aliphatic heterocycles. The summed E-state index contributed by atoms with van der Waals surface area (Å²) in [6, 6.07) is 17.9. The molecule has 3 aromatic carbocycles. The number of alkyl halides is 3. The third-order valence-corrected chi connectivity index (χ3v) is 7.58. The summed E-state index contributed by atoms with van der Waals surface area (Å²) in [4.78, 5) is 25.5. The standard InChI is InChI=1S/C29H26Cl2F3NO3/c1-16(29(32,33)34)25(19-9-11-20(30)12-10-19)28(38)35-27-21(22(15-24(36)37)17-7-8-17)13-14-23(31)26(27)18-5-3-2-4-6-18/h2-6,9-14,16-17,22,25H,7-8,15H2,1H3,(H,35,38)(H,36,37)/t16-,22+,25+/m1/s1. The van der Waals surface area contributed by atoms with Crippen molar-refractivity contribution in [2.75, 3.05) is 5.32 Å². The van der Waals surface area contributed by atoms with E-state index in [-0.39, 0.29) is 28.6 Å². The molecule has 0 unspecified atom stereocenters. The molecule has 0 saturated heterocycles. The molecule has 200 valence electrons. The maximum absolute atomic E-state index is 13.9. The first-order valence-corrected chi connectivity index (χ1v) is 13.0. The van der Waals surface area contributed by atoms with E-state index in [2.05, 4.69) is 5.32 Å². The zero-order chi connectivity index (χ0) is 27.6. The predicted octanol–water partition coefficient (Wildman–Crippen LogP) is 8.55. The van der Waals surface area contributed by atoms with Gasteiger partial charge in [0.05, 0.1) is 29.0 Å². The predicted molar refractivity (Wildman–Crippen MR) is 143 cm³/mol. The van der Waals surface area contributed by atoms with Gasteiger partial charge in [-0.15, -0.1) is 0 Å². The summed E-state index contributed by atoms with van der Waals surface area (Å²) in [5, 5.41) is 13.0. The van der Waals surface area contributed by atoms with E-state index in [4.69, 9.17) is 23.2 Å². The number of nitrogens with one attached hydrogen (secondary N) is 1. The normalized spacial score (nSPS) is 15.9. The van der Waals surface area contributed by atoms with Crippen LogP contribution in [0.5, 0.6) is 0 Å². The lowest BCUT2D eigenvalue weighted by molar-refractivity contribution is -0.178. The molecule has 0 aromatic heterocycles. The molecule has 1 fully saturated rings. The highest BCUT2D eigenvalue weighted by Gasteiger charge is 2.45. The van der Waals surface area contributed by atoms with Crippen LogP contribution in [0.15, 0.2) is 66.7 Å². The van der Waals surface area contributed by atoms with Crippen molar-refractivity contribution >= 4 is 40.8 Å². The summed E-state index contributed by atoms with van der Waals surface area (Å²) in [5.41, 5.74) is 2.02. The quantitative estimate of drug-likeness (QED) is 0.274. The van der Waals surface area contributed by atoms with Crippen molar-refractivity contribution in [1.82, 2.24) is 0 Å². The number of rotatable bonds is 9. The van der Waals surface area contributed by atoms with Crippen LogP contribution in [0.2, 0.25) is 10.0 Å². The minimum Gasteiger partial charge on any atom is -0.481 e. The number of carboxylic acid groups (broad SMARTS) is 1. The topological polar surface area (TPSA) is 66.4 Å². The molecule has 38 heavy (non-hydrogen) atoms. The molecule has 0 heterocycles. The van der Waals surface area contributed by atoms with Gasteiger partial charge in [0, 0.05) is 10.6 Å². The molecule has 4 rings (SSSR count). The number of hydrogen-bond donors (Lipinski definition) is 2. The minimum atomic E-state index is -4.65. The SMILES string of the molecule is C[C@H]([C@H](C(=O)Nc1c([C@@H](CC(=O)O)C2CC2)ccc(Cl)c1-c1ccccc1)c1ccc(Cl)cc1)C(F)(F)F. The van der Waals surface area contributed by atoms with Gasteiger partial charge in [0.2, 0.25) is 5.91 Å². The molecule has 0 spiro atoms. The van der Waals surface area contributed by atoms with Crippen molar-refractivity contribution in [3.63, 3.8) is 0 Å². The van der Waals surface area contributed by atoms with E-state index in [9.17, 15) is 27.9 Å². The molecule has 0 radical (unpaired) electrons. The van der Waals surface area contributed by atoms with Crippen molar-refractivity contribution < 1.29 is 27.9 Å². The first kappa shape index (κ1) is 28.0. The molecule has 4 nitrogen and oxygen atoms in total. The molecule has 0 bridgehead atoms. The summed E-state index contributed by atoms with van der Waals surface area (Å²) >= 11 is 12.6. The number of carbonyl (C=O) groups excluding carboxylic acids is 1. The number of benzene rings is 3. The van der Waals surface area contributed by atoms with E-state index < -0.39 is 35.8 Å². The second-order valence-electron chi connectivity index (χ2n) is 9.64. The summed E-state index contributed by atoms with van der Waals surface area (Å²) in [7, 11) is 0. The number of hydrogen-bond acceptors (Lipinski definition) is 2. The maximum Gasteiger partial charge on any atom is 0.392 e. The molecule has 1 amide bonds. The van der Waals surface area contributed by atoms with Crippen LogP contribution in [-0.2, 0) is 9.59 Å². The first-order valence-electron chi connectivity index (χ1n) is 12.2. The highest BCUT2D eigenvalue weighted by atomic mass is 35.5. The zero-order valence-electron chi connectivity index (χ0n) is 20.4. The second-order valence-corrected chi connectivity index (χ2v) is 10.5. The average Bonchev–Trinajstić information content (AvgIpc) is 3.70. The van der Waals surface area contributed by atoms with Gasteiger partial charge < -0.3 is 10.4 Å². The van der Waals surface area contributed by atoms with Gasteiger partial charge in [0.1, 0.15) is 0 Å². The van der Waals surface area contributed by atoms with Crippen molar-refractivity contribution in [2.45, 2.75) is 44.2 Å². The van der Waals surface area contributed by atoms with Gasteiger partial charge in [0.15, 0.2) is 0 Å². The third kappa shape index (κ3) is 6.33. The smallest absolute Gasteiger partial charge is 0.392 e. The molecular weight excluding hydrogens is 538 g/mol. The average molecular weight is 564 g/mol. The first-order chi connectivity index (χ1) is 18.0. The van der Waals surface area contributed by atoms with E-state index >= 15 is 0 Å². The summed E-state index contributed by atoms with van der Waals surface area (Å²) in [6.07, 6.45) is -3.18. The Hall–Kier alpha value is -3.03. The van der Waals surface area contributed by atoms with Crippen LogP contribution >= 0.6 is 23.2 Å². The fourth-order valence-electron chi connectivity index (χ4n) is 4.87. The van der Waals surface area contributed by atoms with Gasteiger partial charge in [-0.1, -0.05) is 78.7 Å². The molecule has 1 aliphatic rings. The molecule has 1 saturated carbocycles. The lowest BCUT2D eigenvalue weighted by Gasteiger charge is -2.28. The highest BCUT2D eigenvalue weighted by molar-refractivity contribution is 6.34. The van der Waals surface area contributed by atoms with Crippen LogP contribution in [0.25, 0.3) is 11.1 Å².